The van der Waals surface area contributed by atoms with E-state index in [-0.39, 0.29) is 5.56 Å². The van der Waals surface area contributed by atoms with Gasteiger partial charge in [0, 0.05) is 13.1 Å². The van der Waals surface area contributed by atoms with E-state index < -0.39 is 38.2 Å². The Morgan fingerprint density at radius 1 is 1.24 bits per heavy atom. The van der Waals surface area contributed by atoms with Crippen LogP contribution in [0.25, 0.3) is 0 Å². The summed E-state index contributed by atoms with van der Waals surface area (Å²) in [5, 5.41) is 8.83. The van der Waals surface area contributed by atoms with Gasteiger partial charge in [0.25, 0.3) is 0 Å². The Bertz CT molecular complexity index is 680. The zero-order valence-electron chi connectivity index (χ0n) is 11.1. The summed E-state index contributed by atoms with van der Waals surface area (Å²) in [5.74, 6) is -3.87. The first kappa shape index (κ1) is 15.4. The molecule has 0 aliphatic carbocycles. The fourth-order valence-corrected chi connectivity index (χ4v) is 3.51. The summed E-state index contributed by atoms with van der Waals surface area (Å²) in [6.07, 6.45) is 1.63. The summed E-state index contributed by atoms with van der Waals surface area (Å²) in [4.78, 5) is 23.4. The van der Waals surface area contributed by atoms with Crippen LogP contribution in [0.3, 0.4) is 0 Å². The summed E-state index contributed by atoms with van der Waals surface area (Å²) in [6.45, 7) is 0.984. The van der Waals surface area contributed by atoms with Crippen LogP contribution in [0.5, 0.6) is 0 Å². The standard InChI is InChI=1S/C13H14FNO5S/c14-10-4-3-9(13(17)18)7-11(10)21(19,20)8-12(16)15-5-1-2-6-15/h3-4,7H,1-2,5-6,8H2,(H,17,18). The minimum atomic E-state index is -4.21. The second-order valence-corrected chi connectivity index (χ2v) is 6.76. The maximum Gasteiger partial charge on any atom is 0.335 e. The molecule has 0 spiro atoms. The molecule has 21 heavy (non-hydrogen) atoms. The van der Waals surface area contributed by atoms with Crippen molar-refractivity contribution in [2.75, 3.05) is 18.8 Å². The second-order valence-electron chi connectivity index (χ2n) is 4.80. The van der Waals surface area contributed by atoms with E-state index in [1.54, 1.807) is 0 Å². The number of benzene rings is 1. The first-order chi connectivity index (χ1) is 9.81. The van der Waals surface area contributed by atoms with E-state index in [2.05, 4.69) is 0 Å². The van der Waals surface area contributed by atoms with Gasteiger partial charge in [-0.25, -0.2) is 17.6 Å². The minimum absolute atomic E-state index is 0.344. The van der Waals surface area contributed by atoms with E-state index in [1.165, 1.54) is 4.90 Å². The molecular formula is C13H14FNO5S. The van der Waals surface area contributed by atoms with Crippen LogP contribution in [-0.2, 0) is 14.6 Å². The van der Waals surface area contributed by atoms with Gasteiger partial charge in [0.2, 0.25) is 5.91 Å². The average Bonchev–Trinajstić information content (AvgIpc) is 2.92. The van der Waals surface area contributed by atoms with E-state index in [1.807, 2.05) is 0 Å². The number of aromatic carboxylic acids is 1. The average molecular weight is 315 g/mol. The molecule has 1 amide bonds. The van der Waals surface area contributed by atoms with Gasteiger partial charge in [-0.05, 0) is 31.0 Å². The van der Waals surface area contributed by atoms with Crippen molar-refractivity contribution in [2.24, 2.45) is 0 Å². The Morgan fingerprint density at radius 2 is 1.86 bits per heavy atom. The highest BCUT2D eigenvalue weighted by Gasteiger charge is 2.28. The lowest BCUT2D eigenvalue weighted by Gasteiger charge is -2.15. The molecular weight excluding hydrogens is 301 g/mol. The normalized spacial score (nSPS) is 15.2. The number of hydrogen-bond acceptors (Lipinski definition) is 4. The number of likely N-dealkylation sites (tertiary alicyclic amines) is 1. The van der Waals surface area contributed by atoms with Crippen molar-refractivity contribution in [3.63, 3.8) is 0 Å². The molecule has 114 valence electrons. The third-order valence-electron chi connectivity index (χ3n) is 3.29. The van der Waals surface area contributed by atoms with Gasteiger partial charge in [-0.15, -0.1) is 0 Å². The van der Waals surface area contributed by atoms with Crippen LogP contribution < -0.4 is 0 Å². The van der Waals surface area contributed by atoms with E-state index in [0.717, 1.165) is 31.0 Å². The number of carboxylic acids is 1. The second kappa shape index (κ2) is 5.80. The van der Waals surface area contributed by atoms with Crippen LogP contribution in [0.4, 0.5) is 4.39 Å². The van der Waals surface area contributed by atoms with Gasteiger partial charge in [0.15, 0.2) is 9.84 Å². The number of sulfone groups is 1. The van der Waals surface area contributed by atoms with Crippen molar-refractivity contribution in [2.45, 2.75) is 17.7 Å². The smallest absolute Gasteiger partial charge is 0.335 e. The summed E-state index contributed by atoms with van der Waals surface area (Å²) in [7, 11) is -4.21. The summed E-state index contributed by atoms with van der Waals surface area (Å²) in [6, 6.07) is 2.49. The maximum atomic E-state index is 13.7. The lowest BCUT2D eigenvalue weighted by atomic mass is 10.2. The molecule has 0 aromatic heterocycles. The van der Waals surface area contributed by atoms with Crippen molar-refractivity contribution in [1.29, 1.82) is 0 Å². The first-order valence-corrected chi connectivity index (χ1v) is 8.00. The lowest BCUT2D eigenvalue weighted by molar-refractivity contribution is -0.127. The van der Waals surface area contributed by atoms with Crippen molar-refractivity contribution in [3.05, 3.63) is 29.6 Å². The topological polar surface area (TPSA) is 91.7 Å². The van der Waals surface area contributed by atoms with E-state index >= 15 is 0 Å². The van der Waals surface area contributed by atoms with Gasteiger partial charge in [0.1, 0.15) is 16.5 Å². The molecule has 1 aliphatic heterocycles. The summed E-state index contributed by atoms with van der Waals surface area (Å²) < 4.78 is 37.9. The summed E-state index contributed by atoms with van der Waals surface area (Å²) in [5.41, 5.74) is -0.344. The number of hydrogen-bond donors (Lipinski definition) is 1. The zero-order valence-corrected chi connectivity index (χ0v) is 11.9. The molecule has 1 aromatic carbocycles. The van der Waals surface area contributed by atoms with Gasteiger partial charge in [0.05, 0.1) is 5.56 Å². The zero-order chi connectivity index (χ0) is 15.6. The Morgan fingerprint density at radius 3 is 2.43 bits per heavy atom. The minimum Gasteiger partial charge on any atom is -0.478 e. The SMILES string of the molecule is O=C(O)c1ccc(F)c(S(=O)(=O)CC(=O)N2CCCC2)c1. The fourth-order valence-electron chi connectivity index (χ4n) is 2.17. The molecule has 1 fully saturated rings. The predicted octanol–water partition coefficient (Wildman–Crippen LogP) is 0.920. The molecule has 1 heterocycles. The van der Waals surface area contributed by atoms with Crippen LogP contribution in [0.2, 0.25) is 0 Å². The van der Waals surface area contributed by atoms with Gasteiger partial charge >= 0.3 is 5.97 Å². The number of carbonyl (C=O) groups excluding carboxylic acids is 1. The van der Waals surface area contributed by atoms with Crippen molar-refractivity contribution < 1.29 is 27.5 Å². The molecule has 0 atom stereocenters. The van der Waals surface area contributed by atoms with Gasteiger partial charge < -0.3 is 10.0 Å². The molecule has 2 rings (SSSR count). The monoisotopic (exact) mass is 315 g/mol. The Labute approximate surface area is 121 Å². The van der Waals surface area contributed by atoms with Crippen LogP contribution in [0, 0.1) is 5.82 Å². The number of carboxylic acid groups (broad SMARTS) is 1. The Hall–Kier alpha value is -1.96. The largest absolute Gasteiger partial charge is 0.478 e. The Kier molecular flexibility index (Phi) is 4.26. The van der Waals surface area contributed by atoms with Crippen LogP contribution in [-0.4, -0.2) is 49.1 Å². The quantitative estimate of drug-likeness (QED) is 0.892. The molecule has 0 saturated carbocycles. The van der Waals surface area contributed by atoms with E-state index in [4.69, 9.17) is 5.11 Å². The van der Waals surface area contributed by atoms with Crippen molar-refractivity contribution >= 4 is 21.7 Å². The molecule has 6 nitrogen and oxygen atoms in total. The van der Waals surface area contributed by atoms with E-state index in [9.17, 15) is 22.4 Å². The molecule has 0 radical (unpaired) electrons. The molecule has 1 N–H and O–H groups in total. The molecule has 1 saturated heterocycles. The van der Waals surface area contributed by atoms with E-state index in [0.29, 0.717) is 13.1 Å². The number of nitrogens with zero attached hydrogens (tertiary/aromatic N) is 1. The maximum absolute atomic E-state index is 13.7. The summed E-state index contributed by atoms with van der Waals surface area (Å²) >= 11 is 0. The van der Waals surface area contributed by atoms with Crippen LogP contribution >= 0.6 is 0 Å². The highest BCUT2D eigenvalue weighted by Crippen LogP contribution is 2.19. The molecule has 1 aromatic rings. The highest BCUT2D eigenvalue weighted by atomic mass is 32.2. The highest BCUT2D eigenvalue weighted by molar-refractivity contribution is 7.92. The first-order valence-electron chi connectivity index (χ1n) is 6.34. The Balaban J connectivity index is 2.28. The molecule has 8 heteroatoms. The van der Waals surface area contributed by atoms with Gasteiger partial charge in [-0.2, -0.15) is 0 Å². The van der Waals surface area contributed by atoms with Crippen molar-refractivity contribution in [3.8, 4) is 0 Å². The number of halogens is 1. The fraction of sp³-hybridized carbons (Fsp3) is 0.385. The number of rotatable bonds is 4. The van der Waals surface area contributed by atoms with Crippen LogP contribution in [0.1, 0.15) is 23.2 Å². The van der Waals surface area contributed by atoms with Gasteiger partial charge in [-0.1, -0.05) is 0 Å². The van der Waals surface area contributed by atoms with Gasteiger partial charge in [-0.3, -0.25) is 4.79 Å². The third-order valence-corrected chi connectivity index (χ3v) is 4.90. The predicted molar refractivity (Wildman–Crippen MR) is 71.2 cm³/mol. The molecule has 1 aliphatic rings. The van der Waals surface area contributed by atoms with Crippen molar-refractivity contribution in [1.82, 2.24) is 4.90 Å². The third kappa shape index (κ3) is 3.38. The number of carbonyl (C=O) groups is 2. The molecule has 0 unspecified atom stereocenters. The number of amides is 1. The lowest BCUT2D eigenvalue weighted by Crippen LogP contribution is -2.33. The van der Waals surface area contributed by atoms with Crippen LogP contribution in [0.15, 0.2) is 23.1 Å². The molecule has 0 bridgehead atoms.